The summed E-state index contributed by atoms with van der Waals surface area (Å²) in [5.41, 5.74) is 5.09. The highest BCUT2D eigenvalue weighted by Gasteiger charge is 2.61. The van der Waals surface area contributed by atoms with E-state index in [-0.39, 0.29) is 12.5 Å². The number of ether oxygens (including phenoxy) is 1. The maximum absolute atomic E-state index is 14.2. The lowest BCUT2D eigenvalue weighted by atomic mass is 9.90. The number of fused-ring (bicyclic) bond motifs is 2. The molecule has 3 aliphatic rings. The standard InChI is InChI=1S/C30H30N2O5S/c1-4-36-30(35)23-20-10-6-8-12-22(20)38-29(23)31-27(33)24-25(19-15-13-17(2)14-16-19)32(37-26(24)28(31)34)21-11-7-5-9-18(21)3/h5,7,9,11,13-16,24-26H,4,6,8,10,12H2,1-3H3/t24-,25+,26-/m1/s1. The molecule has 0 spiro atoms. The summed E-state index contributed by atoms with van der Waals surface area (Å²) < 4.78 is 5.39. The van der Waals surface area contributed by atoms with Gasteiger partial charge in [-0.05, 0) is 69.2 Å². The average Bonchev–Trinajstić information content (AvgIpc) is 3.55. The summed E-state index contributed by atoms with van der Waals surface area (Å²) in [6, 6.07) is 15.3. The number of esters is 1. The van der Waals surface area contributed by atoms with E-state index in [1.807, 2.05) is 62.4 Å². The number of benzene rings is 2. The highest BCUT2D eigenvalue weighted by atomic mass is 32.1. The van der Waals surface area contributed by atoms with Crippen LogP contribution in [0.1, 0.15) is 63.3 Å². The molecular weight excluding hydrogens is 500 g/mol. The van der Waals surface area contributed by atoms with Crippen molar-refractivity contribution in [3.63, 3.8) is 0 Å². The monoisotopic (exact) mass is 530 g/mol. The molecule has 2 aromatic carbocycles. The molecule has 0 bridgehead atoms. The highest BCUT2D eigenvalue weighted by molar-refractivity contribution is 7.17. The van der Waals surface area contributed by atoms with Crippen molar-refractivity contribution >= 4 is 39.8 Å². The van der Waals surface area contributed by atoms with Crippen LogP contribution in [0, 0.1) is 19.8 Å². The number of imide groups is 1. The van der Waals surface area contributed by atoms with Crippen LogP contribution in [0.4, 0.5) is 10.7 Å². The van der Waals surface area contributed by atoms with E-state index in [0.717, 1.165) is 58.5 Å². The number of hydroxylamine groups is 1. The van der Waals surface area contributed by atoms with Gasteiger partial charge < -0.3 is 4.74 Å². The zero-order valence-corrected chi connectivity index (χ0v) is 22.5. The molecule has 196 valence electrons. The van der Waals surface area contributed by atoms with Crippen LogP contribution in [0.5, 0.6) is 0 Å². The van der Waals surface area contributed by atoms with Gasteiger partial charge in [-0.3, -0.25) is 14.4 Å². The Kier molecular flexibility index (Phi) is 6.32. The number of aryl methyl sites for hydroxylation is 3. The second kappa shape index (κ2) is 9.67. The lowest BCUT2D eigenvalue weighted by Crippen LogP contribution is -2.38. The smallest absolute Gasteiger partial charge is 0.341 e. The molecule has 1 aliphatic carbocycles. The molecule has 0 unspecified atom stereocenters. The normalized spacial score (nSPS) is 22.6. The van der Waals surface area contributed by atoms with E-state index in [9.17, 15) is 14.4 Å². The molecule has 2 saturated heterocycles. The van der Waals surface area contributed by atoms with Gasteiger partial charge in [0.2, 0.25) is 5.91 Å². The number of thiophene rings is 1. The van der Waals surface area contributed by atoms with Gasteiger partial charge in [0, 0.05) is 4.88 Å². The first-order valence-corrected chi connectivity index (χ1v) is 14.0. The van der Waals surface area contributed by atoms with Crippen molar-refractivity contribution in [3.8, 4) is 0 Å². The van der Waals surface area contributed by atoms with E-state index in [2.05, 4.69) is 0 Å². The van der Waals surface area contributed by atoms with Crippen LogP contribution in [0.15, 0.2) is 48.5 Å². The van der Waals surface area contributed by atoms with Gasteiger partial charge in [0.1, 0.15) is 10.9 Å². The molecule has 0 radical (unpaired) electrons. The quantitative estimate of drug-likeness (QED) is 0.322. The van der Waals surface area contributed by atoms with Gasteiger partial charge >= 0.3 is 5.97 Å². The summed E-state index contributed by atoms with van der Waals surface area (Å²) in [4.78, 5) is 49.9. The minimum Gasteiger partial charge on any atom is -0.462 e. The molecule has 8 heteroatoms. The van der Waals surface area contributed by atoms with Gasteiger partial charge in [-0.25, -0.2) is 14.8 Å². The Hall–Kier alpha value is -3.49. The summed E-state index contributed by atoms with van der Waals surface area (Å²) in [5, 5.41) is 2.11. The van der Waals surface area contributed by atoms with Crippen LogP contribution < -0.4 is 9.96 Å². The Morgan fingerprint density at radius 1 is 1.03 bits per heavy atom. The second-order valence-corrected chi connectivity index (χ2v) is 11.2. The lowest BCUT2D eigenvalue weighted by Gasteiger charge is -2.29. The molecule has 2 aliphatic heterocycles. The number of nitrogens with zero attached hydrogens (tertiary/aromatic N) is 2. The van der Waals surface area contributed by atoms with Gasteiger partial charge in [-0.2, -0.15) is 0 Å². The van der Waals surface area contributed by atoms with E-state index in [1.165, 1.54) is 16.2 Å². The number of amides is 2. The van der Waals surface area contributed by atoms with Crippen LogP contribution in [0.2, 0.25) is 0 Å². The van der Waals surface area contributed by atoms with Crippen molar-refractivity contribution in [2.45, 2.75) is 58.6 Å². The van der Waals surface area contributed by atoms with Crippen molar-refractivity contribution < 1.29 is 24.0 Å². The first-order valence-electron chi connectivity index (χ1n) is 13.2. The number of para-hydroxylation sites is 1. The molecular formula is C30H30N2O5S. The van der Waals surface area contributed by atoms with Gasteiger partial charge in [-0.15, -0.1) is 11.3 Å². The van der Waals surface area contributed by atoms with E-state index in [4.69, 9.17) is 9.57 Å². The second-order valence-electron chi connectivity index (χ2n) is 10.1. The van der Waals surface area contributed by atoms with Crippen LogP contribution in [-0.2, 0) is 32.0 Å². The molecule has 2 fully saturated rings. The van der Waals surface area contributed by atoms with Crippen molar-refractivity contribution in [2.24, 2.45) is 5.92 Å². The summed E-state index contributed by atoms with van der Waals surface area (Å²) in [7, 11) is 0. The summed E-state index contributed by atoms with van der Waals surface area (Å²) in [5.74, 6) is -2.00. The molecule has 7 nitrogen and oxygen atoms in total. The number of carbonyl (C=O) groups excluding carboxylic acids is 3. The molecule has 0 saturated carbocycles. The molecule has 3 aromatic rings. The molecule has 2 amide bonds. The number of anilines is 2. The van der Waals surface area contributed by atoms with Crippen molar-refractivity contribution in [2.75, 3.05) is 16.6 Å². The van der Waals surface area contributed by atoms with Gasteiger partial charge in [-0.1, -0.05) is 48.0 Å². The van der Waals surface area contributed by atoms with Gasteiger partial charge in [0.05, 0.1) is 23.9 Å². The number of hydrogen-bond acceptors (Lipinski definition) is 7. The minimum atomic E-state index is -0.984. The predicted molar refractivity (Wildman–Crippen MR) is 145 cm³/mol. The van der Waals surface area contributed by atoms with E-state index in [1.54, 1.807) is 12.0 Å². The fourth-order valence-electron chi connectivity index (χ4n) is 5.86. The number of hydrogen-bond donors (Lipinski definition) is 0. The Morgan fingerprint density at radius 2 is 1.76 bits per heavy atom. The third-order valence-corrected chi connectivity index (χ3v) is 9.00. The maximum atomic E-state index is 14.2. The average molecular weight is 531 g/mol. The third-order valence-electron chi connectivity index (χ3n) is 7.72. The van der Waals surface area contributed by atoms with E-state index >= 15 is 0 Å². The van der Waals surface area contributed by atoms with Crippen LogP contribution in [0.25, 0.3) is 0 Å². The van der Waals surface area contributed by atoms with Gasteiger partial charge in [0.25, 0.3) is 5.91 Å². The first kappa shape index (κ1) is 24.8. The highest BCUT2D eigenvalue weighted by Crippen LogP contribution is 2.50. The maximum Gasteiger partial charge on any atom is 0.341 e. The van der Waals surface area contributed by atoms with Crippen molar-refractivity contribution in [3.05, 3.63) is 81.2 Å². The Morgan fingerprint density at radius 3 is 2.50 bits per heavy atom. The molecule has 3 heterocycles. The molecule has 0 N–H and O–H groups in total. The Labute approximate surface area is 225 Å². The first-order chi connectivity index (χ1) is 18.4. The SMILES string of the molecule is CCOC(=O)c1c(N2C(=O)[C@H]3[C@@H](ON(c4ccccc4C)[C@H]3c3ccc(C)cc3)C2=O)sc2c1CCCC2. The van der Waals surface area contributed by atoms with Crippen molar-refractivity contribution in [1.82, 2.24) is 0 Å². The molecule has 3 atom stereocenters. The Bertz CT molecular complexity index is 1430. The topological polar surface area (TPSA) is 76.2 Å². The van der Waals surface area contributed by atoms with Gasteiger partial charge in [0.15, 0.2) is 6.10 Å². The third kappa shape index (κ3) is 3.85. The fourth-order valence-corrected chi connectivity index (χ4v) is 7.25. The van der Waals surface area contributed by atoms with Crippen LogP contribution >= 0.6 is 11.3 Å². The lowest BCUT2D eigenvalue weighted by molar-refractivity contribution is -0.126. The number of rotatable bonds is 5. The summed E-state index contributed by atoms with van der Waals surface area (Å²) >= 11 is 1.37. The molecule has 38 heavy (non-hydrogen) atoms. The zero-order valence-electron chi connectivity index (χ0n) is 21.7. The van der Waals surface area contributed by atoms with Crippen molar-refractivity contribution in [1.29, 1.82) is 0 Å². The van der Waals surface area contributed by atoms with Crippen LogP contribution in [-0.4, -0.2) is 30.5 Å². The zero-order chi connectivity index (χ0) is 26.6. The summed E-state index contributed by atoms with van der Waals surface area (Å²) in [6.07, 6.45) is 2.58. The van der Waals surface area contributed by atoms with Crippen LogP contribution in [0.3, 0.4) is 0 Å². The largest absolute Gasteiger partial charge is 0.462 e. The number of carbonyl (C=O) groups is 3. The van der Waals surface area contributed by atoms with E-state index < -0.39 is 29.9 Å². The predicted octanol–water partition coefficient (Wildman–Crippen LogP) is 5.47. The minimum absolute atomic E-state index is 0.222. The van der Waals surface area contributed by atoms with E-state index in [0.29, 0.717) is 10.6 Å². The molecule has 6 rings (SSSR count). The molecule has 1 aromatic heterocycles. The summed E-state index contributed by atoms with van der Waals surface area (Å²) in [6.45, 7) is 5.97. The Balaban J connectivity index is 1.45. The fraction of sp³-hybridized carbons (Fsp3) is 0.367.